The van der Waals surface area contributed by atoms with E-state index in [0.29, 0.717) is 24.1 Å². The minimum atomic E-state index is -0.433. The van der Waals surface area contributed by atoms with Crippen LogP contribution in [-0.4, -0.2) is 41.8 Å². The molecule has 0 aromatic heterocycles. The molecule has 2 heterocycles. The molecule has 0 bridgehead atoms. The summed E-state index contributed by atoms with van der Waals surface area (Å²) < 4.78 is 19.4. The standard InChI is InChI=1S/C20H27FN2O3/c21-17-10-14(4-5-15(17)12-24)11-22-19(25)23-13-20(6-8-26-9-7-20)16-2-1-3-18(16)23/h4-5,10,16,18,24H,1-3,6-9,11-13H2,(H,22,25)/t16-,18+/m1/s1. The number of rotatable bonds is 3. The Bertz CT molecular complexity index is 675. The maximum atomic E-state index is 13.8. The highest BCUT2D eigenvalue weighted by molar-refractivity contribution is 5.75. The Morgan fingerprint density at radius 1 is 1.35 bits per heavy atom. The number of ether oxygens (including phenoxy) is 1. The predicted octanol–water partition coefficient (Wildman–Crippen LogP) is 2.81. The lowest BCUT2D eigenvalue weighted by Gasteiger charge is -2.37. The number of likely N-dealkylation sites (tertiary alicyclic amines) is 1. The first-order valence-corrected chi connectivity index (χ1v) is 9.63. The van der Waals surface area contributed by atoms with Gasteiger partial charge in [0.1, 0.15) is 5.82 Å². The minimum absolute atomic E-state index is 0.0445. The van der Waals surface area contributed by atoms with Crippen molar-refractivity contribution in [2.45, 2.75) is 51.3 Å². The number of benzene rings is 1. The average Bonchev–Trinajstić information content (AvgIpc) is 3.24. The number of nitrogens with zero attached hydrogens (tertiary/aromatic N) is 1. The van der Waals surface area contributed by atoms with Gasteiger partial charge in [0, 0.05) is 37.9 Å². The summed E-state index contributed by atoms with van der Waals surface area (Å²) in [5.41, 5.74) is 1.21. The van der Waals surface area contributed by atoms with E-state index in [0.717, 1.165) is 39.0 Å². The van der Waals surface area contributed by atoms with Crippen LogP contribution in [0.15, 0.2) is 18.2 Å². The molecule has 5 nitrogen and oxygen atoms in total. The fourth-order valence-electron chi connectivity index (χ4n) is 5.24. The number of carbonyl (C=O) groups excluding carboxylic acids is 1. The second-order valence-electron chi connectivity index (χ2n) is 7.95. The predicted molar refractivity (Wildman–Crippen MR) is 94.9 cm³/mol. The third kappa shape index (κ3) is 3.09. The molecule has 2 atom stereocenters. The average molecular weight is 362 g/mol. The van der Waals surface area contributed by atoms with Gasteiger partial charge >= 0.3 is 6.03 Å². The van der Waals surface area contributed by atoms with Crippen molar-refractivity contribution in [1.82, 2.24) is 10.2 Å². The molecule has 142 valence electrons. The number of urea groups is 1. The second-order valence-corrected chi connectivity index (χ2v) is 7.95. The van der Waals surface area contributed by atoms with Crippen molar-refractivity contribution >= 4 is 6.03 Å². The van der Waals surface area contributed by atoms with E-state index < -0.39 is 5.82 Å². The van der Waals surface area contributed by atoms with Crippen LogP contribution in [0.4, 0.5) is 9.18 Å². The molecule has 3 fully saturated rings. The molecular formula is C20H27FN2O3. The Balaban J connectivity index is 1.42. The number of hydrogen-bond acceptors (Lipinski definition) is 3. The number of carbonyl (C=O) groups is 1. The van der Waals surface area contributed by atoms with Crippen LogP contribution in [0.1, 0.15) is 43.2 Å². The molecule has 2 saturated heterocycles. The van der Waals surface area contributed by atoms with E-state index >= 15 is 0 Å². The molecule has 1 spiro atoms. The third-order valence-corrected chi connectivity index (χ3v) is 6.63. The van der Waals surface area contributed by atoms with Crippen LogP contribution in [0.25, 0.3) is 0 Å². The molecule has 0 radical (unpaired) electrons. The van der Waals surface area contributed by atoms with Crippen molar-refractivity contribution in [3.05, 3.63) is 35.1 Å². The molecule has 1 aliphatic carbocycles. The third-order valence-electron chi connectivity index (χ3n) is 6.63. The minimum Gasteiger partial charge on any atom is -0.392 e. The van der Waals surface area contributed by atoms with Crippen LogP contribution in [-0.2, 0) is 17.9 Å². The normalized spacial score (nSPS) is 26.9. The van der Waals surface area contributed by atoms with Gasteiger partial charge in [0.15, 0.2) is 0 Å². The Morgan fingerprint density at radius 3 is 2.88 bits per heavy atom. The maximum absolute atomic E-state index is 13.8. The summed E-state index contributed by atoms with van der Waals surface area (Å²) in [6, 6.07) is 4.99. The number of halogens is 1. The molecule has 6 heteroatoms. The molecule has 1 aromatic carbocycles. The van der Waals surface area contributed by atoms with Crippen molar-refractivity contribution in [2.24, 2.45) is 11.3 Å². The highest BCUT2D eigenvalue weighted by Gasteiger charge is 2.55. The molecule has 3 aliphatic rings. The topological polar surface area (TPSA) is 61.8 Å². The summed E-state index contributed by atoms with van der Waals surface area (Å²) in [5, 5.41) is 12.0. The van der Waals surface area contributed by atoms with Crippen LogP contribution < -0.4 is 5.32 Å². The summed E-state index contributed by atoms with van der Waals surface area (Å²) in [4.78, 5) is 14.9. The molecule has 26 heavy (non-hydrogen) atoms. The Labute approximate surface area is 153 Å². The zero-order valence-corrected chi connectivity index (χ0v) is 15.0. The number of nitrogens with one attached hydrogen (secondary N) is 1. The molecule has 2 amide bonds. The van der Waals surface area contributed by atoms with Gasteiger partial charge in [-0.1, -0.05) is 18.6 Å². The first-order valence-electron chi connectivity index (χ1n) is 9.63. The summed E-state index contributed by atoms with van der Waals surface area (Å²) >= 11 is 0. The van der Waals surface area contributed by atoms with E-state index in [4.69, 9.17) is 9.84 Å². The number of amides is 2. The SMILES string of the molecule is O=C(NCc1ccc(CO)c(F)c1)N1CC2(CCOCC2)[C@@H]2CCC[C@@H]21. The van der Waals surface area contributed by atoms with E-state index in [-0.39, 0.29) is 23.6 Å². The van der Waals surface area contributed by atoms with Crippen molar-refractivity contribution in [3.63, 3.8) is 0 Å². The van der Waals surface area contributed by atoms with Gasteiger partial charge in [0.2, 0.25) is 0 Å². The Morgan fingerprint density at radius 2 is 2.15 bits per heavy atom. The van der Waals surface area contributed by atoms with Crippen LogP contribution >= 0.6 is 0 Å². The van der Waals surface area contributed by atoms with E-state index in [1.165, 1.54) is 18.9 Å². The lowest BCUT2D eigenvalue weighted by atomic mass is 9.71. The second kappa shape index (κ2) is 7.16. The maximum Gasteiger partial charge on any atom is 0.317 e. The highest BCUT2D eigenvalue weighted by atomic mass is 19.1. The molecule has 0 unspecified atom stereocenters. The smallest absolute Gasteiger partial charge is 0.317 e. The first-order chi connectivity index (χ1) is 12.6. The summed E-state index contributed by atoms with van der Waals surface area (Å²) in [6.45, 7) is 2.40. The number of hydrogen-bond donors (Lipinski definition) is 2. The van der Waals surface area contributed by atoms with Gasteiger partial charge < -0.3 is 20.1 Å². The number of aliphatic hydroxyl groups is 1. The van der Waals surface area contributed by atoms with Gasteiger partial charge in [0.25, 0.3) is 0 Å². The zero-order valence-electron chi connectivity index (χ0n) is 15.0. The van der Waals surface area contributed by atoms with Gasteiger partial charge in [-0.05, 0) is 48.6 Å². The van der Waals surface area contributed by atoms with Crippen LogP contribution in [0.2, 0.25) is 0 Å². The Hall–Kier alpha value is -1.66. The van der Waals surface area contributed by atoms with Crippen LogP contribution in [0, 0.1) is 17.2 Å². The molecule has 1 aromatic rings. The first kappa shape index (κ1) is 17.7. The Kier molecular flexibility index (Phi) is 4.88. The van der Waals surface area contributed by atoms with Crippen molar-refractivity contribution in [3.8, 4) is 0 Å². The summed E-state index contributed by atoms with van der Waals surface area (Å²) in [5.74, 6) is 0.163. The van der Waals surface area contributed by atoms with Crippen LogP contribution in [0.3, 0.4) is 0 Å². The van der Waals surface area contributed by atoms with Gasteiger partial charge in [-0.3, -0.25) is 0 Å². The fraction of sp³-hybridized carbons (Fsp3) is 0.650. The van der Waals surface area contributed by atoms with Gasteiger partial charge in [-0.15, -0.1) is 0 Å². The monoisotopic (exact) mass is 362 g/mol. The summed E-state index contributed by atoms with van der Waals surface area (Å²) in [7, 11) is 0. The van der Waals surface area contributed by atoms with Gasteiger partial charge in [-0.25, -0.2) is 9.18 Å². The molecule has 4 rings (SSSR count). The van der Waals surface area contributed by atoms with E-state index in [2.05, 4.69) is 5.32 Å². The van der Waals surface area contributed by atoms with Gasteiger partial charge in [-0.2, -0.15) is 0 Å². The molecule has 2 aliphatic heterocycles. The van der Waals surface area contributed by atoms with Crippen LogP contribution in [0.5, 0.6) is 0 Å². The lowest BCUT2D eigenvalue weighted by Crippen LogP contribution is -2.43. The quantitative estimate of drug-likeness (QED) is 0.869. The largest absolute Gasteiger partial charge is 0.392 e. The summed E-state index contributed by atoms with van der Waals surface area (Å²) in [6.07, 6.45) is 5.58. The van der Waals surface area contributed by atoms with E-state index in [1.54, 1.807) is 12.1 Å². The van der Waals surface area contributed by atoms with Crippen molar-refractivity contribution in [1.29, 1.82) is 0 Å². The molecular weight excluding hydrogens is 335 g/mol. The molecule has 2 N–H and O–H groups in total. The molecule has 1 saturated carbocycles. The van der Waals surface area contributed by atoms with Gasteiger partial charge in [0.05, 0.1) is 6.61 Å². The van der Waals surface area contributed by atoms with Crippen molar-refractivity contribution in [2.75, 3.05) is 19.8 Å². The number of aliphatic hydroxyl groups excluding tert-OH is 1. The number of fused-ring (bicyclic) bond motifs is 2. The lowest BCUT2D eigenvalue weighted by molar-refractivity contribution is -0.000407. The van der Waals surface area contributed by atoms with Crippen molar-refractivity contribution < 1.29 is 19.0 Å². The van der Waals surface area contributed by atoms with E-state index in [1.807, 2.05) is 4.90 Å². The van der Waals surface area contributed by atoms with E-state index in [9.17, 15) is 9.18 Å². The fourth-order valence-corrected chi connectivity index (χ4v) is 5.24. The highest BCUT2D eigenvalue weighted by Crippen LogP contribution is 2.53. The zero-order chi connectivity index (χ0) is 18.1.